The zero-order valence-electron chi connectivity index (χ0n) is 6.86. The molecule has 0 saturated heterocycles. The van der Waals surface area contributed by atoms with Crippen LogP contribution in [0.15, 0.2) is 17.5 Å². The van der Waals surface area contributed by atoms with Crippen molar-refractivity contribution in [2.24, 2.45) is 5.73 Å². The Morgan fingerprint density at radius 1 is 1.67 bits per heavy atom. The van der Waals surface area contributed by atoms with Crippen molar-refractivity contribution < 1.29 is 5.11 Å². The van der Waals surface area contributed by atoms with Gasteiger partial charge in [0, 0.05) is 18.0 Å². The molecule has 0 aliphatic rings. The number of nitrogens with one attached hydrogen (secondary N) is 1. The number of thiophene rings is 1. The second-order valence-electron chi connectivity index (χ2n) is 2.48. The Bertz CT molecular complexity index is 201. The van der Waals surface area contributed by atoms with E-state index in [1.54, 1.807) is 11.3 Å². The number of rotatable bonds is 5. The second kappa shape index (κ2) is 5.27. The Labute approximate surface area is 76.2 Å². The molecule has 4 N–H and O–H groups in total. The van der Waals surface area contributed by atoms with Crippen LogP contribution in [0.3, 0.4) is 0 Å². The molecule has 0 saturated carbocycles. The van der Waals surface area contributed by atoms with Gasteiger partial charge in [0.2, 0.25) is 0 Å². The Morgan fingerprint density at radius 2 is 2.50 bits per heavy atom. The molecule has 0 bridgehead atoms. The molecule has 68 valence electrons. The maximum Gasteiger partial charge on any atom is 0.0556 e. The molecule has 1 rings (SSSR count). The lowest BCUT2D eigenvalue weighted by Crippen LogP contribution is -2.29. The first kappa shape index (κ1) is 9.67. The monoisotopic (exact) mass is 186 g/mol. The van der Waals surface area contributed by atoms with Gasteiger partial charge in [-0.25, -0.2) is 0 Å². The summed E-state index contributed by atoms with van der Waals surface area (Å²) in [7, 11) is 0. The average Bonchev–Trinajstić information content (AvgIpc) is 2.59. The SMILES string of the molecule is NCC(NCCO)c1cccs1. The van der Waals surface area contributed by atoms with Gasteiger partial charge in [0.25, 0.3) is 0 Å². The van der Waals surface area contributed by atoms with Crippen LogP contribution in [0.1, 0.15) is 10.9 Å². The Morgan fingerprint density at radius 3 is 3.00 bits per heavy atom. The largest absolute Gasteiger partial charge is 0.395 e. The van der Waals surface area contributed by atoms with Crippen molar-refractivity contribution >= 4 is 11.3 Å². The van der Waals surface area contributed by atoms with Crippen LogP contribution >= 0.6 is 11.3 Å². The van der Waals surface area contributed by atoms with Crippen molar-refractivity contribution in [1.82, 2.24) is 5.32 Å². The molecule has 0 aromatic carbocycles. The van der Waals surface area contributed by atoms with E-state index in [0.717, 1.165) is 0 Å². The average molecular weight is 186 g/mol. The lowest BCUT2D eigenvalue weighted by molar-refractivity contribution is 0.285. The molecule has 0 radical (unpaired) electrons. The maximum absolute atomic E-state index is 8.61. The van der Waals surface area contributed by atoms with E-state index in [9.17, 15) is 0 Å². The molecule has 3 nitrogen and oxygen atoms in total. The third-order valence-electron chi connectivity index (χ3n) is 1.62. The van der Waals surface area contributed by atoms with E-state index >= 15 is 0 Å². The topological polar surface area (TPSA) is 58.3 Å². The Kier molecular flexibility index (Phi) is 4.24. The molecular formula is C8H14N2OS. The summed E-state index contributed by atoms with van der Waals surface area (Å²) in [5.41, 5.74) is 5.57. The van der Waals surface area contributed by atoms with Crippen LogP contribution in [-0.4, -0.2) is 24.8 Å². The highest BCUT2D eigenvalue weighted by Gasteiger charge is 2.08. The van der Waals surface area contributed by atoms with E-state index in [4.69, 9.17) is 10.8 Å². The summed E-state index contributed by atoms with van der Waals surface area (Å²) in [6.45, 7) is 1.32. The second-order valence-corrected chi connectivity index (χ2v) is 3.46. The maximum atomic E-state index is 8.61. The highest BCUT2D eigenvalue weighted by Crippen LogP contribution is 2.17. The fourth-order valence-corrected chi connectivity index (χ4v) is 1.84. The van der Waals surface area contributed by atoms with Gasteiger partial charge in [-0.2, -0.15) is 0 Å². The van der Waals surface area contributed by atoms with Crippen molar-refractivity contribution in [3.63, 3.8) is 0 Å². The van der Waals surface area contributed by atoms with E-state index in [2.05, 4.69) is 5.32 Å². The van der Waals surface area contributed by atoms with E-state index in [0.29, 0.717) is 13.1 Å². The number of hydrogen-bond donors (Lipinski definition) is 3. The first-order valence-corrected chi connectivity index (χ1v) is 4.84. The van der Waals surface area contributed by atoms with Crippen molar-refractivity contribution in [1.29, 1.82) is 0 Å². The van der Waals surface area contributed by atoms with Gasteiger partial charge in [0.1, 0.15) is 0 Å². The minimum atomic E-state index is 0.155. The molecule has 0 aliphatic heterocycles. The summed E-state index contributed by atoms with van der Waals surface area (Å²) in [6, 6.07) is 4.24. The zero-order chi connectivity index (χ0) is 8.81. The van der Waals surface area contributed by atoms with Crippen molar-refractivity contribution in [2.75, 3.05) is 19.7 Å². The highest BCUT2D eigenvalue weighted by atomic mass is 32.1. The first-order valence-electron chi connectivity index (χ1n) is 3.96. The summed E-state index contributed by atoms with van der Waals surface area (Å²) in [6.07, 6.45) is 0. The molecule has 1 aromatic heterocycles. The van der Waals surface area contributed by atoms with Crippen molar-refractivity contribution in [3.05, 3.63) is 22.4 Å². The van der Waals surface area contributed by atoms with Crippen molar-refractivity contribution in [3.8, 4) is 0 Å². The van der Waals surface area contributed by atoms with Gasteiger partial charge in [-0.05, 0) is 11.4 Å². The molecule has 1 aromatic rings. The van der Waals surface area contributed by atoms with Crippen LogP contribution in [0.2, 0.25) is 0 Å². The molecule has 1 atom stereocenters. The van der Waals surface area contributed by atoms with Gasteiger partial charge in [-0.15, -0.1) is 11.3 Å². The number of nitrogens with two attached hydrogens (primary N) is 1. The van der Waals surface area contributed by atoms with E-state index in [1.807, 2.05) is 17.5 Å². The van der Waals surface area contributed by atoms with Crippen LogP contribution in [0, 0.1) is 0 Å². The van der Waals surface area contributed by atoms with Crippen LogP contribution in [0.25, 0.3) is 0 Å². The van der Waals surface area contributed by atoms with Gasteiger partial charge in [-0.3, -0.25) is 0 Å². The van der Waals surface area contributed by atoms with Gasteiger partial charge >= 0.3 is 0 Å². The zero-order valence-corrected chi connectivity index (χ0v) is 7.68. The van der Waals surface area contributed by atoms with Crippen LogP contribution in [0.5, 0.6) is 0 Å². The van der Waals surface area contributed by atoms with Gasteiger partial charge in [-0.1, -0.05) is 6.07 Å². The highest BCUT2D eigenvalue weighted by molar-refractivity contribution is 7.10. The summed E-state index contributed by atoms with van der Waals surface area (Å²) < 4.78 is 0. The predicted octanol–water partition coefficient (Wildman–Crippen LogP) is 0.330. The van der Waals surface area contributed by atoms with E-state index < -0.39 is 0 Å². The lowest BCUT2D eigenvalue weighted by atomic mass is 10.2. The quantitative estimate of drug-likeness (QED) is 0.621. The smallest absolute Gasteiger partial charge is 0.0556 e. The fraction of sp³-hybridized carbons (Fsp3) is 0.500. The van der Waals surface area contributed by atoms with Gasteiger partial charge < -0.3 is 16.2 Å². The van der Waals surface area contributed by atoms with Crippen LogP contribution < -0.4 is 11.1 Å². The van der Waals surface area contributed by atoms with E-state index in [-0.39, 0.29) is 12.6 Å². The molecule has 0 fully saturated rings. The van der Waals surface area contributed by atoms with Crippen molar-refractivity contribution in [2.45, 2.75) is 6.04 Å². The Balaban J connectivity index is 2.45. The molecule has 0 aliphatic carbocycles. The molecule has 12 heavy (non-hydrogen) atoms. The molecular weight excluding hydrogens is 172 g/mol. The number of aliphatic hydroxyl groups excluding tert-OH is 1. The normalized spacial score (nSPS) is 13.2. The minimum absolute atomic E-state index is 0.155. The molecule has 1 unspecified atom stereocenters. The molecule has 0 amide bonds. The molecule has 1 heterocycles. The Hall–Kier alpha value is -0.420. The number of aliphatic hydroxyl groups is 1. The van der Waals surface area contributed by atoms with Gasteiger partial charge in [0.15, 0.2) is 0 Å². The predicted molar refractivity (Wildman–Crippen MR) is 51.2 cm³/mol. The third kappa shape index (κ3) is 2.57. The lowest BCUT2D eigenvalue weighted by Gasteiger charge is -2.13. The van der Waals surface area contributed by atoms with E-state index in [1.165, 1.54) is 4.88 Å². The molecule has 0 spiro atoms. The first-order chi connectivity index (χ1) is 5.88. The molecule has 4 heteroatoms. The summed E-state index contributed by atoms with van der Waals surface area (Å²) in [4.78, 5) is 1.23. The van der Waals surface area contributed by atoms with Crippen LogP contribution in [-0.2, 0) is 0 Å². The van der Waals surface area contributed by atoms with Gasteiger partial charge in [0.05, 0.1) is 12.6 Å². The standard InChI is InChI=1S/C8H14N2OS/c9-6-7(10-3-4-11)8-2-1-5-12-8/h1-2,5,7,10-11H,3-4,6,9H2. The summed E-state index contributed by atoms with van der Waals surface area (Å²) >= 11 is 1.68. The third-order valence-corrected chi connectivity index (χ3v) is 2.61. The van der Waals surface area contributed by atoms with Crippen LogP contribution in [0.4, 0.5) is 0 Å². The summed E-state index contributed by atoms with van der Waals surface area (Å²) in [5.74, 6) is 0. The summed E-state index contributed by atoms with van der Waals surface area (Å²) in [5, 5.41) is 13.8. The fourth-order valence-electron chi connectivity index (χ4n) is 1.03. The minimum Gasteiger partial charge on any atom is -0.395 e. The number of hydrogen-bond acceptors (Lipinski definition) is 4.